The summed E-state index contributed by atoms with van der Waals surface area (Å²) in [5.74, 6) is -0.165. The van der Waals surface area contributed by atoms with Gasteiger partial charge in [-0.2, -0.15) is 0 Å². The van der Waals surface area contributed by atoms with Gasteiger partial charge in [-0.25, -0.2) is 0 Å². The molecular weight excluding hydrogens is 240 g/mol. The van der Waals surface area contributed by atoms with Crippen molar-refractivity contribution < 1.29 is 9.59 Å². The number of rotatable bonds is 5. The summed E-state index contributed by atoms with van der Waals surface area (Å²) in [5.41, 5.74) is 1.31. The Labute approximate surface area is 114 Å². The summed E-state index contributed by atoms with van der Waals surface area (Å²) in [4.78, 5) is 25.2. The molecule has 102 valence electrons. The van der Waals surface area contributed by atoms with Crippen LogP contribution in [-0.4, -0.2) is 29.8 Å². The minimum Gasteiger partial charge on any atom is -0.339 e. The zero-order valence-corrected chi connectivity index (χ0v) is 11.6. The molecule has 1 rings (SSSR count). The zero-order chi connectivity index (χ0) is 14.3. The predicted octanol–water partition coefficient (Wildman–Crippen LogP) is 2.68. The van der Waals surface area contributed by atoms with Crippen molar-refractivity contribution in [3.63, 3.8) is 0 Å². The molecule has 4 nitrogen and oxygen atoms in total. The van der Waals surface area contributed by atoms with Crippen molar-refractivity contribution in [1.29, 1.82) is 0 Å². The summed E-state index contributed by atoms with van der Waals surface area (Å²) in [5, 5.41) is 2.72. The highest BCUT2D eigenvalue weighted by Crippen LogP contribution is 2.11. The number of carbonyl (C=O) groups excluding carboxylic acids is 2. The van der Waals surface area contributed by atoms with Gasteiger partial charge in [0.2, 0.25) is 5.91 Å². The summed E-state index contributed by atoms with van der Waals surface area (Å²) in [6.07, 6.45) is 3.13. The molecule has 0 atom stereocenters. The quantitative estimate of drug-likeness (QED) is 0.827. The van der Waals surface area contributed by atoms with E-state index in [0.717, 1.165) is 0 Å². The lowest BCUT2D eigenvalue weighted by atomic mass is 10.1. The second-order valence-electron chi connectivity index (χ2n) is 4.04. The Bertz CT molecular complexity index is 460. The highest BCUT2D eigenvalue weighted by Gasteiger charge is 2.11. The zero-order valence-electron chi connectivity index (χ0n) is 11.6. The van der Waals surface area contributed by atoms with Crippen molar-refractivity contribution in [2.24, 2.45) is 0 Å². The van der Waals surface area contributed by atoms with Crippen molar-refractivity contribution in [1.82, 2.24) is 4.90 Å². The standard InChI is InChI=1S/C15H20N2O2/c1-4-7-14(18)16-13-10-8-12(9-11-13)15(19)17(5-2)6-3/h4,7-11H,5-6H2,1-3H3,(H,16,18)/b7-4-. The largest absolute Gasteiger partial charge is 0.339 e. The van der Waals surface area contributed by atoms with Gasteiger partial charge in [-0.15, -0.1) is 0 Å². The molecule has 0 aromatic heterocycles. The SMILES string of the molecule is C/C=C\C(=O)Nc1ccc(C(=O)N(CC)CC)cc1. The number of nitrogens with one attached hydrogen (secondary N) is 1. The van der Waals surface area contributed by atoms with Crippen LogP contribution < -0.4 is 5.32 Å². The minimum absolute atomic E-state index is 0.0105. The second-order valence-corrected chi connectivity index (χ2v) is 4.04. The number of allylic oxidation sites excluding steroid dienone is 1. The first-order chi connectivity index (χ1) is 9.12. The molecule has 0 aliphatic carbocycles. The summed E-state index contributed by atoms with van der Waals surface area (Å²) in [7, 11) is 0. The first-order valence-corrected chi connectivity index (χ1v) is 6.45. The fourth-order valence-electron chi connectivity index (χ4n) is 1.72. The first-order valence-electron chi connectivity index (χ1n) is 6.45. The Hall–Kier alpha value is -2.10. The van der Waals surface area contributed by atoms with Crippen LogP contribution in [0.5, 0.6) is 0 Å². The molecule has 0 spiro atoms. The lowest BCUT2D eigenvalue weighted by Crippen LogP contribution is -2.30. The van der Waals surface area contributed by atoms with Crippen molar-refractivity contribution in [3.8, 4) is 0 Å². The average molecular weight is 260 g/mol. The van der Waals surface area contributed by atoms with Gasteiger partial charge in [-0.3, -0.25) is 9.59 Å². The maximum absolute atomic E-state index is 12.1. The molecule has 0 bridgehead atoms. The number of carbonyl (C=O) groups is 2. The van der Waals surface area contributed by atoms with Gasteiger partial charge in [-0.05, 0) is 51.1 Å². The van der Waals surface area contributed by atoms with Gasteiger partial charge in [0.1, 0.15) is 0 Å². The van der Waals surface area contributed by atoms with E-state index in [9.17, 15) is 9.59 Å². The Balaban J connectivity index is 2.76. The van der Waals surface area contributed by atoms with Crippen LogP contribution in [0, 0.1) is 0 Å². The number of anilines is 1. The second kappa shape index (κ2) is 7.36. The van der Waals surface area contributed by atoms with Gasteiger partial charge >= 0.3 is 0 Å². The molecule has 0 aliphatic heterocycles. The summed E-state index contributed by atoms with van der Waals surface area (Å²) >= 11 is 0. The monoisotopic (exact) mass is 260 g/mol. The van der Waals surface area contributed by atoms with E-state index in [4.69, 9.17) is 0 Å². The smallest absolute Gasteiger partial charge is 0.253 e. The van der Waals surface area contributed by atoms with Crippen LogP contribution in [-0.2, 0) is 4.79 Å². The maximum atomic E-state index is 12.1. The Kier molecular flexibility index (Phi) is 5.79. The number of hydrogen-bond donors (Lipinski definition) is 1. The molecule has 1 aromatic rings. The Morgan fingerprint density at radius 2 is 1.74 bits per heavy atom. The van der Waals surface area contributed by atoms with E-state index < -0.39 is 0 Å². The fourth-order valence-corrected chi connectivity index (χ4v) is 1.72. The van der Waals surface area contributed by atoms with Gasteiger partial charge in [0.15, 0.2) is 0 Å². The molecule has 0 unspecified atom stereocenters. The van der Waals surface area contributed by atoms with E-state index >= 15 is 0 Å². The highest BCUT2D eigenvalue weighted by atomic mass is 16.2. The van der Waals surface area contributed by atoms with Gasteiger partial charge in [0.25, 0.3) is 5.91 Å². The minimum atomic E-state index is -0.176. The van der Waals surface area contributed by atoms with Crippen molar-refractivity contribution >= 4 is 17.5 Å². The van der Waals surface area contributed by atoms with E-state index in [1.165, 1.54) is 6.08 Å². The number of hydrogen-bond acceptors (Lipinski definition) is 2. The van der Waals surface area contributed by atoms with Gasteiger partial charge in [0.05, 0.1) is 0 Å². The van der Waals surface area contributed by atoms with Crippen LogP contribution in [0.3, 0.4) is 0 Å². The molecule has 0 heterocycles. The van der Waals surface area contributed by atoms with E-state index in [0.29, 0.717) is 24.3 Å². The molecule has 0 radical (unpaired) electrons. The fraction of sp³-hybridized carbons (Fsp3) is 0.333. The maximum Gasteiger partial charge on any atom is 0.253 e. The number of nitrogens with zero attached hydrogens (tertiary/aromatic N) is 1. The molecule has 0 aliphatic rings. The molecule has 19 heavy (non-hydrogen) atoms. The Morgan fingerprint density at radius 3 is 2.21 bits per heavy atom. The molecular formula is C15H20N2O2. The van der Waals surface area contributed by atoms with Gasteiger partial charge < -0.3 is 10.2 Å². The number of amides is 2. The third kappa shape index (κ3) is 4.25. The molecule has 2 amide bonds. The van der Waals surface area contributed by atoms with Crippen LogP contribution in [0.25, 0.3) is 0 Å². The number of benzene rings is 1. The van der Waals surface area contributed by atoms with Crippen LogP contribution in [0.15, 0.2) is 36.4 Å². The van der Waals surface area contributed by atoms with Crippen molar-refractivity contribution in [2.45, 2.75) is 20.8 Å². The van der Waals surface area contributed by atoms with E-state index in [1.807, 2.05) is 13.8 Å². The van der Waals surface area contributed by atoms with Crippen molar-refractivity contribution in [2.75, 3.05) is 18.4 Å². The lowest BCUT2D eigenvalue weighted by Gasteiger charge is -2.18. The van der Waals surface area contributed by atoms with Crippen LogP contribution in [0.2, 0.25) is 0 Å². The summed E-state index contributed by atoms with van der Waals surface area (Å²) in [6, 6.07) is 6.92. The Morgan fingerprint density at radius 1 is 1.16 bits per heavy atom. The van der Waals surface area contributed by atoms with E-state index in [2.05, 4.69) is 5.32 Å². The summed E-state index contributed by atoms with van der Waals surface area (Å²) in [6.45, 7) is 7.07. The van der Waals surface area contributed by atoms with Gasteiger partial charge in [0, 0.05) is 24.3 Å². The topological polar surface area (TPSA) is 49.4 Å². The van der Waals surface area contributed by atoms with Crippen LogP contribution in [0.1, 0.15) is 31.1 Å². The predicted molar refractivity (Wildman–Crippen MR) is 77.1 cm³/mol. The molecule has 1 N–H and O–H groups in total. The van der Waals surface area contributed by atoms with Gasteiger partial charge in [-0.1, -0.05) is 6.08 Å². The molecule has 0 fully saturated rings. The highest BCUT2D eigenvalue weighted by molar-refractivity contribution is 6.00. The summed E-state index contributed by atoms with van der Waals surface area (Å²) < 4.78 is 0. The normalized spacial score (nSPS) is 10.5. The molecule has 1 aromatic carbocycles. The van der Waals surface area contributed by atoms with Crippen LogP contribution >= 0.6 is 0 Å². The molecule has 4 heteroatoms. The first kappa shape index (κ1) is 15.0. The van der Waals surface area contributed by atoms with E-state index in [-0.39, 0.29) is 11.8 Å². The van der Waals surface area contributed by atoms with E-state index in [1.54, 1.807) is 42.2 Å². The average Bonchev–Trinajstić information content (AvgIpc) is 2.41. The molecule has 0 saturated carbocycles. The third-order valence-electron chi connectivity index (χ3n) is 2.77. The molecule has 0 saturated heterocycles. The lowest BCUT2D eigenvalue weighted by molar-refractivity contribution is -0.111. The third-order valence-corrected chi connectivity index (χ3v) is 2.77. The van der Waals surface area contributed by atoms with Crippen molar-refractivity contribution in [3.05, 3.63) is 42.0 Å². The van der Waals surface area contributed by atoms with Crippen LogP contribution in [0.4, 0.5) is 5.69 Å².